The van der Waals surface area contributed by atoms with E-state index in [2.05, 4.69) is 21.7 Å². The van der Waals surface area contributed by atoms with Crippen molar-refractivity contribution in [3.8, 4) is 0 Å². The van der Waals surface area contributed by atoms with Crippen LogP contribution < -0.4 is 0 Å². The molecule has 116 valence electrons. The summed E-state index contributed by atoms with van der Waals surface area (Å²) in [6, 6.07) is 0. The van der Waals surface area contributed by atoms with Crippen LogP contribution in [0.15, 0.2) is 0 Å². The lowest BCUT2D eigenvalue weighted by atomic mass is 9.95. The molecular weight excluding hydrogens is 270 g/mol. The number of hydrogen-bond donors (Lipinski definition) is 0. The van der Waals surface area contributed by atoms with Crippen molar-refractivity contribution in [2.45, 2.75) is 25.0 Å². The van der Waals surface area contributed by atoms with Crippen molar-refractivity contribution in [1.29, 1.82) is 0 Å². The number of hydrogen-bond acceptors (Lipinski definition) is 4. The Kier molecular flexibility index (Phi) is 6.18. The van der Waals surface area contributed by atoms with E-state index < -0.39 is 0 Å². The molecule has 1 amide bonds. The fraction of sp³-hybridized carbons (Fsp3) is 0.933. The topological polar surface area (TPSA) is 26.8 Å². The molecule has 2 aliphatic rings. The van der Waals surface area contributed by atoms with Crippen LogP contribution in [0.1, 0.15) is 19.8 Å². The Morgan fingerprint density at radius 2 is 1.75 bits per heavy atom. The van der Waals surface area contributed by atoms with Gasteiger partial charge in [-0.05, 0) is 39.0 Å². The molecule has 2 aliphatic heterocycles. The maximum atomic E-state index is 12.2. The third-order valence-corrected chi connectivity index (χ3v) is 5.65. The third-order valence-electron chi connectivity index (χ3n) is 4.74. The van der Waals surface area contributed by atoms with Crippen LogP contribution in [0.25, 0.3) is 0 Å². The zero-order chi connectivity index (χ0) is 14.5. The molecule has 2 heterocycles. The van der Waals surface area contributed by atoms with Crippen molar-refractivity contribution in [3.05, 3.63) is 0 Å². The van der Waals surface area contributed by atoms with E-state index in [1.54, 1.807) is 11.8 Å². The van der Waals surface area contributed by atoms with Gasteiger partial charge in [-0.3, -0.25) is 4.79 Å². The molecule has 0 saturated carbocycles. The number of thioether (sulfide) groups is 1. The van der Waals surface area contributed by atoms with Crippen LogP contribution in [-0.2, 0) is 4.79 Å². The first-order chi connectivity index (χ1) is 9.60. The van der Waals surface area contributed by atoms with E-state index in [0.29, 0.717) is 5.91 Å². The SMILES string of the molecule is CS[C@@H](C)C(=O)N1CCC(CN2CCN(C)CC2)CC1. The number of likely N-dealkylation sites (tertiary alicyclic amines) is 1. The van der Waals surface area contributed by atoms with Gasteiger partial charge in [0.15, 0.2) is 0 Å². The summed E-state index contributed by atoms with van der Waals surface area (Å²) in [5, 5.41) is 0.115. The molecule has 2 rings (SSSR count). The molecule has 0 spiro atoms. The van der Waals surface area contributed by atoms with E-state index >= 15 is 0 Å². The van der Waals surface area contributed by atoms with E-state index in [0.717, 1.165) is 19.0 Å². The highest BCUT2D eigenvalue weighted by Crippen LogP contribution is 2.21. The average Bonchev–Trinajstić information content (AvgIpc) is 2.49. The standard InChI is InChI=1S/C15H29N3OS/c1-13(20-3)15(19)18-6-4-14(5-7-18)12-17-10-8-16(2)9-11-17/h13-14H,4-12H2,1-3H3/t13-/m0/s1. The molecule has 4 nitrogen and oxygen atoms in total. The zero-order valence-electron chi connectivity index (χ0n) is 13.2. The Morgan fingerprint density at radius 3 is 2.30 bits per heavy atom. The summed E-state index contributed by atoms with van der Waals surface area (Å²) in [6.07, 6.45) is 4.38. The van der Waals surface area contributed by atoms with Gasteiger partial charge in [-0.25, -0.2) is 0 Å². The van der Waals surface area contributed by atoms with Gasteiger partial charge in [0, 0.05) is 45.8 Å². The van der Waals surface area contributed by atoms with Crippen LogP contribution in [-0.4, -0.2) is 85.0 Å². The molecule has 0 aromatic rings. The lowest BCUT2D eigenvalue weighted by Gasteiger charge is -2.38. The lowest BCUT2D eigenvalue weighted by Crippen LogP contribution is -2.48. The van der Waals surface area contributed by atoms with Gasteiger partial charge in [-0.15, -0.1) is 0 Å². The summed E-state index contributed by atoms with van der Waals surface area (Å²) in [7, 11) is 2.20. The molecule has 0 aliphatic carbocycles. The Morgan fingerprint density at radius 1 is 1.15 bits per heavy atom. The van der Waals surface area contributed by atoms with Crippen LogP contribution in [0.3, 0.4) is 0 Å². The summed E-state index contributed by atoms with van der Waals surface area (Å²) in [5.74, 6) is 1.11. The first kappa shape index (κ1) is 16.1. The van der Waals surface area contributed by atoms with Crippen molar-refractivity contribution in [1.82, 2.24) is 14.7 Å². The number of nitrogens with zero attached hydrogens (tertiary/aromatic N) is 3. The quantitative estimate of drug-likeness (QED) is 0.780. The Balaban J connectivity index is 1.70. The van der Waals surface area contributed by atoms with E-state index in [1.807, 2.05) is 13.2 Å². The van der Waals surface area contributed by atoms with Crippen LogP contribution in [0, 0.1) is 5.92 Å². The fourth-order valence-electron chi connectivity index (χ4n) is 3.09. The Hall–Kier alpha value is -0.260. The smallest absolute Gasteiger partial charge is 0.235 e. The van der Waals surface area contributed by atoms with Crippen molar-refractivity contribution >= 4 is 17.7 Å². The molecule has 2 saturated heterocycles. The maximum Gasteiger partial charge on any atom is 0.235 e. The molecule has 0 unspecified atom stereocenters. The minimum absolute atomic E-state index is 0.115. The van der Waals surface area contributed by atoms with E-state index in [-0.39, 0.29) is 5.25 Å². The van der Waals surface area contributed by atoms with Crippen LogP contribution in [0.2, 0.25) is 0 Å². The highest BCUT2D eigenvalue weighted by Gasteiger charge is 2.27. The first-order valence-electron chi connectivity index (χ1n) is 7.82. The molecule has 0 N–H and O–H groups in total. The highest BCUT2D eigenvalue weighted by molar-refractivity contribution is 7.99. The van der Waals surface area contributed by atoms with E-state index in [9.17, 15) is 4.79 Å². The lowest BCUT2D eigenvalue weighted by molar-refractivity contribution is -0.131. The summed E-state index contributed by atoms with van der Waals surface area (Å²) < 4.78 is 0. The molecule has 0 bridgehead atoms. The summed E-state index contributed by atoms with van der Waals surface area (Å²) in [6.45, 7) is 9.98. The number of rotatable bonds is 4. The van der Waals surface area contributed by atoms with Crippen molar-refractivity contribution in [2.75, 3.05) is 59.1 Å². The predicted molar refractivity (Wildman–Crippen MR) is 86.2 cm³/mol. The second-order valence-electron chi connectivity index (χ2n) is 6.25. The van der Waals surface area contributed by atoms with Crippen LogP contribution in [0.5, 0.6) is 0 Å². The van der Waals surface area contributed by atoms with Gasteiger partial charge in [-0.1, -0.05) is 0 Å². The Labute approximate surface area is 127 Å². The number of piperazine rings is 1. The number of carbonyl (C=O) groups is 1. The van der Waals surface area contributed by atoms with Gasteiger partial charge in [0.1, 0.15) is 0 Å². The number of carbonyl (C=O) groups excluding carboxylic acids is 1. The predicted octanol–water partition coefficient (Wildman–Crippen LogP) is 1.22. The largest absolute Gasteiger partial charge is 0.342 e. The fourth-order valence-corrected chi connectivity index (χ4v) is 3.44. The molecule has 1 atom stereocenters. The van der Waals surface area contributed by atoms with Gasteiger partial charge < -0.3 is 14.7 Å². The summed E-state index contributed by atoms with van der Waals surface area (Å²) in [5.41, 5.74) is 0. The number of likely N-dealkylation sites (N-methyl/N-ethyl adjacent to an activating group) is 1. The minimum Gasteiger partial charge on any atom is -0.342 e. The number of piperidine rings is 1. The second-order valence-corrected chi connectivity index (χ2v) is 7.43. The number of amides is 1. The summed E-state index contributed by atoms with van der Waals surface area (Å²) in [4.78, 5) is 19.2. The third kappa shape index (κ3) is 4.37. The monoisotopic (exact) mass is 299 g/mol. The maximum absolute atomic E-state index is 12.2. The van der Waals surface area contributed by atoms with Crippen molar-refractivity contribution in [2.24, 2.45) is 5.92 Å². The Bertz CT molecular complexity index is 310. The molecular formula is C15H29N3OS. The van der Waals surface area contributed by atoms with E-state index in [4.69, 9.17) is 0 Å². The molecule has 0 radical (unpaired) electrons. The molecule has 5 heteroatoms. The molecule has 0 aromatic heterocycles. The second kappa shape index (κ2) is 7.66. The van der Waals surface area contributed by atoms with Gasteiger partial charge in [-0.2, -0.15) is 11.8 Å². The average molecular weight is 299 g/mol. The van der Waals surface area contributed by atoms with Gasteiger partial charge in [0.05, 0.1) is 5.25 Å². The van der Waals surface area contributed by atoms with Crippen LogP contribution in [0.4, 0.5) is 0 Å². The minimum atomic E-state index is 0.115. The van der Waals surface area contributed by atoms with Gasteiger partial charge in [0.25, 0.3) is 0 Å². The van der Waals surface area contributed by atoms with Crippen LogP contribution >= 0.6 is 11.8 Å². The van der Waals surface area contributed by atoms with Gasteiger partial charge >= 0.3 is 0 Å². The molecule has 2 fully saturated rings. The zero-order valence-corrected chi connectivity index (χ0v) is 14.0. The van der Waals surface area contributed by atoms with Crippen molar-refractivity contribution in [3.63, 3.8) is 0 Å². The van der Waals surface area contributed by atoms with E-state index in [1.165, 1.54) is 45.6 Å². The summed E-state index contributed by atoms with van der Waals surface area (Å²) >= 11 is 1.65. The molecule has 20 heavy (non-hydrogen) atoms. The highest BCUT2D eigenvalue weighted by atomic mass is 32.2. The van der Waals surface area contributed by atoms with Crippen molar-refractivity contribution < 1.29 is 4.79 Å². The first-order valence-corrected chi connectivity index (χ1v) is 9.11. The normalized spacial score (nSPS) is 24.9. The molecule has 0 aromatic carbocycles. The van der Waals surface area contributed by atoms with Gasteiger partial charge in [0.2, 0.25) is 5.91 Å².